The molecule has 1 aliphatic heterocycles. The van der Waals surface area contributed by atoms with E-state index in [-0.39, 0.29) is 29.6 Å². The molecule has 0 spiro atoms. The van der Waals surface area contributed by atoms with E-state index in [1.807, 2.05) is 24.3 Å². The molecular formula is C20H22N7O7P. The predicted octanol–water partition coefficient (Wildman–Crippen LogP) is -0.0366. The molecule has 0 unspecified atom stereocenters. The number of benzene rings is 1. The Labute approximate surface area is 198 Å². The van der Waals surface area contributed by atoms with Gasteiger partial charge in [0.2, 0.25) is 5.82 Å². The van der Waals surface area contributed by atoms with Crippen LogP contribution in [0.5, 0.6) is 0 Å². The summed E-state index contributed by atoms with van der Waals surface area (Å²) in [6, 6.07) is 9.88. The fourth-order valence-electron chi connectivity index (χ4n) is 4.38. The van der Waals surface area contributed by atoms with Gasteiger partial charge in [0.15, 0.2) is 23.2 Å². The van der Waals surface area contributed by atoms with Crippen molar-refractivity contribution in [2.24, 2.45) is 0 Å². The fraction of sp³-hybridized carbons (Fsp3) is 0.450. The topological polar surface area (TPSA) is 209 Å². The van der Waals surface area contributed by atoms with Crippen molar-refractivity contribution in [3.05, 3.63) is 41.2 Å². The van der Waals surface area contributed by atoms with Crippen molar-refractivity contribution in [2.75, 3.05) is 18.3 Å². The summed E-state index contributed by atoms with van der Waals surface area (Å²) in [6.07, 6.45) is -4.36. The highest BCUT2D eigenvalue weighted by Gasteiger charge is 2.45. The van der Waals surface area contributed by atoms with Crippen LogP contribution in [0.2, 0.25) is 0 Å². The quantitative estimate of drug-likeness (QED) is 0.268. The lowest BCUT2D eigenvalue weighted by Crippen LogP contribution is -2.34. The molecule has 14 nitrogen and oxygen atoms in total. The van der Waals surface area contributed by atoms with E-state index in [9.17, 15) is 20.0 Å². The molecule has 184 valence electrons. The standard InChI is InChI=1S/C20H22N7O7P/c21-7-14-23-18(22-12-6-5-10-3-1-2-4-11(10)12)15-19(24-14)27(26-25-15)20-17(29)16(28)13(34-20)8-33-9-35(30,31)32/h1-4,12-13,16-17,20,28-29H,5-6,8-9H2,(H,22,23,24)(H2,30,31,32)/t12-,13+,16+,17+,20+/m0/s1. The van der Waals surface area contributed by atoms with Gasteiger partial charge in [0.1, 0.15) is 30.7 Å². The Balaban J connectivity index is 1.42. The Kier molecular flexibility index (Phi) is 6.24. The molecule has 0 saturated carbocycles. The van der Waals surface area contributed by atoms with Crippen LogP contribution in [-0.2, 0) is 20.5 Å². The molecule has 15 heteroatoms. The summed E-state index contributed by atoms with van der Waals surface area (Å²) < 4.78 is 22.7. The summed E-state index contributed by atoms with van der Waals surface area (Å²) in [5.74, 6) is 0.151. The number of aryl methyl sites for hydroxylation is 1. The van der Waals surface area contributed by atoms with Crippen LogP contribution in [0.4, 0.5) is 5.82 Å². The number of aliphatic hydroxyl groups excluding tert-OH is 2. The minimum atomic E-state index is -4.41. The number of nitrogens with one attached hydrogen (secondary N) is 1. The van der Waals surface area contributed by atoms with Crippen LogP contribution in [0.3, 0.4) is 0 Å². The van der Waals surface area contributed by atoms with Crippen molar-refractivity contribution in [2.45, 2.75) is 43.4 Å². The van der Waals surface area contributed by atoms with Crippen molar-refractivity contribution in [3.63, 3.8) is 0 Å². The third kappa shape index (κ3) is 4.63. The van der Waals surface area contributed by atoms with Gasteiger partial charge in [-0.2, -0.15) is 19.9 Å². The molecule has 0 amide bonds. The van der Waals surface area contributed by atoms with Crippen LogP contribution in [0.25, 0.3) is 11.2 Å². The number of nitrogens with zero attached hydrogens (tertiary/aromatic N) is 6. The maximum atomic E-state index is 11.0. The van der Waals surface area contributed by atoms with Gasteiger partial charge < -0.3 is 34.8 Å². The number of aromatic nitrogens is 5. The average molecular weight is 503 g/mol. The van der Waals surface area contributed by atoms with Gasteiger partial charge in [0, 0.05) is 0 Å². The Morgan fingerprint density at radius 2 is 2.06 bits per heavy atom. The molecule has 1 fully saturated rings. The lowest BCUT2D eigenvalue weighted by Gasteiger charge is -2.16. The molecule has 0 radical (unpaired) electrons. The Morgan fingerprint density at radius 1 is 1.26 bits per heavy atom. The van der Waals surface area contributed by atoms with Crippen LogP contribution in [0.15, 0.2) is 24.3 Å². The molecule has 35 heavy (non-hydrogen) atoms. The van der Waals surface area contributed by atoms with Gasteiger partial charge in [0.05, 0.1) is 12.6 Å². The Bertz CT molecular complexity index is 1340. The first kappa shape index (κ1) is 23.7. The molecule has 1 aromatic carbocycles. The highest BCUT2D eigenvalue weighted by atomic mass is 31.2. The number of ether oxygens (including phenoxy) is 2. The van der Waals surface area contributed by atoms with Crippen LogP contribution >= 0.6 is 7.60 Å². The van der Waals surface area contributed by atoms with E-state index in [2.05, 4.69) is 31.7 Å². The third-order valence-corrected chi connectivity index (χ3v) is 6.51. The summed E-state index contributed by atoms with van der Waals surface area (Å²) in [5, 5.41) is 41.9. The molecule has 3 heterocycles. The van der Waals surface area contributed by atoms with Gasteiger partial charge in [0.25, 0.3) is 0 Å². The maximum absolute atomic E-state index is 11.0. The number of hydrogen-bond acceptors (Lipinski definition) is 11. The molecule has 2 aromatic heterocycles. The monoisotopic (exact) mass is 503 g/mol. The Hall–Kier alpha value is -3.02. The van der Waals surface area contributed by atoms with E-state index in [4.69, 9.17) is 19.3 Å². The molecule has 5 atom stereocenters. The van der Waals surface area contributed by atoms with E-state index >= 15 is 0 Å². The van der Waals surface area contributed by atoms with Crippen LogP contribution in [0, 0.1) is 11.3 Å². The first-order valence-corrected chi connectivity index (χ1v) is 12.6. The van der Waals surface area contributed by atoms with Crippen molar-refractivity contribution in [3.8, 4) is 6.07 Å². The van der Waals surface area contributed by atoms with Crippen molar-refractivity contribution < 1.29 is 34.0 Å². The summed E-state index contributed by atoms with van der Waals surface area (Å²) in [5.41, 5.74) is 2.71. The summed E-state index contributed by atoms with van der Waals surface area (Å²) in [6.45, 7) is -0.376. The number of fused-ring (bicyclic) bond motifs is 2. The minimum Gasteiger partial charge on any atom is -0.387 e. The van der Waals surface area contributed by atoms with Crippen LogP contribution in [-0.4, -0.2) is 76.2 Å². The molecule has 2 aliphatic rings. The number of anilines is 1. The fourth-order valence-corrected chi connectivity index (χ4v) is 4.72. The highest BCUT2D eigenvalue weighted by molar-refractivity contribution is 7.51. The zero-order valence-electron chi connectivity index (χ0n) is 18.2. The zero-order valence-corrected chi connectivity index (χ0v) is 19.1. The van der Waals surface area contributed by atoms with Crippen molar-refractivity contribution in [1.29, 1.82) is 5.26 Å². The van der Waals surface area contributed by atoms with Crippen LogP contribution in [0.1, 0.15) is 35.6 Å². The highest BCUT2D eigenvalue weighted by Crippen LogP contribution is 2.37. The zero-order chi connectivity index (χ0) is 24.7. The van der Waals surface area contributed by atoms with E-state index in [0.717, 1.165) is 23.1 Å². The second-order valence-electron chi connectivity index (χ2n) is 8.36. The van der Waals surface area contributed by atoms with Gasteiger partial charge in [-0.05, 0) is 24.0 Å². The first-order valence-electron chi connectivity index (χ1n) is 10.8. The van der Waals surface area contributed by atoms with E-state index < -0.39 is 38.5 Å². The molecule has 0 bridgehead atoms. The molecule has 5 rings (SSSR count). The summed E-state index contributed by atoms with van der Waals surface area (Å²) in [7, 11) is -4.41. The summed E-state index contributed by atoms with van der Waals surface area (Å²) >= 11 is 0. The predicted molar refractivity (Wildman–Crippen MR) is 118 cm³/mol. The normalized spacial score (nSPS) is 26.1. The van der Waals surface area contributed by atoms with Crippen LogP contribution < -0.4 is 5.32 Å². The number of hydrogen-bond donors (Lipinski definition) is 5. The molecule has 1 saturated heterocycles. The second-order valence-corrected chi connectivity index (χ2v) is 9.95. The lowest BCUT2D eigenvalue weighted by molar-refractivity contribution is -0.0665. The molecular weight excluding hydrogens is 481 g/mol. The molecule has 3 aromatic rings. The smallest absolute Gasteiger partial charge is 0.350 e. The average Bonchev–Trinajstić information content (AvgIpc) is 3.51. The SMILES string of the molecule is N#Cc1nc(N[C@H]2CCc3ccccc32)c2nnn([C@@H]3O[C@H](COCP(=O)(O)O)[C@@H](O)[C@H]3O)c2n1. The molecule has 1 aliphatic carbocycles. The summed E-state index contributed by atoms with van der Waals surface area (Å²) in [4.78, 5) is 26.3. The minimum absolute atomic E-state index is 0.0494. The molecule has 5 N–H and O–H groups in total. The third-order valence-electron chi connectivity index (χ3n) is 5.99. The van der Waals surface area contributed by atoms with Gasteiger partial charge in [-0.1, -0.05) is 29.5 Å². The van der Waals surface area contributed by atoms with E-state index in [0.29, 0.717) is 5.82 Å². The van der Waals surface area contributed by atoms with Crippen molar-refractivity contribution >= 4 is 24.6 Å². The number of aliphatic hydroxyl groups is 2. The van der Waals surface area contributed by atoms with E-state index in [1.54, 1.807) is 0 Å². The largest absolute Gasteiger partial charge is 0.387 e. The Morgan fingerprint density at radius 3 is 2.83 bits per heavy atom. The number of nitriles is 1. The van der Waals surface area contributed by atoms with Gasteiger partial charge >= 0.3 is 7.60 Å². The van der Waals surface area contributed by atoms with Gasteiger partial charge in [-0.3, -0.25) is 4.57 Å². The van der Waals surface area contributed by atoms with Gasteiger partial charge in [-0.25, -0.2) is 0 Å². The second kappa shape index (κ2) is 9.21. The maximum Gasteiger partial charge on any atom is 0.350 e. The van der Waals surface area contributed by atoms with Crippen molar-refractivity contribution in [1.82, 2.24) is 25.0 Å². The lowest BCUT2D eigenvalue weighted by atomic mass is 10.1. The van der Waals surface area contributed by atoms with Gasteiger partial charge in [-0.15, -0.1) is 5.10 Å². The van der Waals surface area contributed by atoms with E-state index in [1.165, 1.54) is 5.56 Å². The first-order chi connectivity index (χ1) is 16.7. The number of rotatable bonds is 7.